The Labute approximate surface area is 197 Å². The van der Waals surface area contributed by atoms with Gasteiger partial charge in [0.2, 0.25) is 0 Å². The summed E-state index contributed by atoms with van der Waals surface area (Å²) < 4.78 is 42.0. The first-order chi connectivity index (χ1) is 16.5. The van der Waals surface area contributed by atoms with Crippen LogP contribution in [0.5, 0.6) is 0 Å². The molecule has 0 saturated carbocycles. The van der Waals surface area contributed by atoms with Gasteiger partial charge in [0.05, 0.1) is 22.5 Å². The third kappa shape index (κ3) is 4.22. The maximum absolute atomic E-state index is 13.8. The molecule has 0 radical (unpaired) electrons. The molecule has 0 atom stereocenters. The normalized spacial score (nSPS) is 15.1. The van der Waals surface area contributed by atoms with Crippen LogP contribution in [0.1, 0.15) is 17.9 Å². The standard InChI is InChI=1S/C25H17F3N4OS/c26-17-10-12-18(13-11-17)31-23(33)20(14-16-6-2-1-3-7-16)30-25(31)34-15-22-29-19-8-4-5-9-21(19)32(22)24(27)28/h1-14,24H,15H2/b20-14-. The van der Waals surface area contributed by atoms with Crippen molar-refractivity contribution in [1.82, 2.24) is 9.55 Å². The SMILES string of the molecule is O=C1/C(=C/c2ccccc2)N=C(SCc2nc3ccccc3n2C(F)F)N1c1ccc(F)cc1. The molecule has 5 nitrogen and oxygen atoms in total. The second-order valence-electron chi connectivity index (χ2n) is 7.40. The Morgan fingerprint density at radius 1 is 0.941 bits per heavy atom. The number of halogens is 3. The molecule has 0 saturated heterocycles. The predicted molar refractivity (Wildman–Crippen MR) is 128 cm³/mol. The van der Waals surface area contributed by atoms with Gasteiger partial charge in [-0.05, 0) is 48.0 Å². The molecule has 1 aliphatic rings. The number of anilines is 1. The van der Waals surface area contributed by atoms with Crippen molar-refractivity contribution < 1.29 is 18.0 Å². The number of aliphatic imine (C=N–C) groups is 1. The van der Waals surface area contributed by atoms with Crippen LogP contribution in [0, 0.1) is 5.82 Å². The third-order valence-corrected chi connectivity index (χ3v) is 6.15. The number of para-hydroxylation sites is 2. The van der Waals surface area contributed by atoms with Gasteiger partial charge in [-0.15, -0.1) is 0 Å². The zero-order chi connectivity index (χ0) is 23.7. The largest absolute Gasteiger partial charge is 0.320 e. The molecule has 4 aromatic rings. The molecule has 0 bridgehead atoms. The molecule has 34 heavy (non-hydrogen) atoms. The van der Waals surface area contributed by atoms with Crippen molar-refractivity contribution in [2.24, 2.45) is 4.99 Å². The average molecular weight is 478 g/mol. The molecule has 0 aliphatic carbocycles. The molecule has 1 aromatic heterocycles. The molecule has 1 amide bonds. The van der Waals surface area contributed by atoms with Crippen molar-refractivity contribution in [2.75, 3.05) is 4.90 Å². The van der Waals surface area contributed by atoms with E-state index >= 15 is 0 Å². The number of carbonyl (C=O) groups is 1. The highest BCUT2D eigenvalue weighted by atomic mass is 32.2. The number of alkyl halides is 2. The van der Waals surface area contributed by atoms with Crippen molar-refractivity contribution in [2.45, 2.75) is 12.3 Å². The third-order valence-electron chi connectivity index (χ3n) is 5.21. The van der Waals surface area contributed by atoms with E-state index in [0.29, 0.717) is 21.9 Å². The molecule has 0 spiro atoms. The summed E-state index contributed by atoms with van der Waals surface area (Å²) in [5, 5.41) is 0.298. The molecule has 0 unspecified atom stereocenters. The van der Waals surface area contributed by atoms with Crippen LogP contribution >= 0.6 is 11.8 Å². The first kappa shape index (κ1) is 22.0. The number of amidine groups is 1. The minimum Gasteiger partial charge on any atom is -0.269 e. The minimum atomic E-state index is -2.77. The number of benzene rings is 3. The quantitative estimate of drug-likeness (QED) is 0.319. The molecule has 0 N–H and O–H groups in total. The zero-order valence-electron chi connectivity index (χ0n) is 17.6. The van der Waals surface area contributed by atoms with E-state index in [1.165, 1.54) is 29.2 Å². The Morgan fingerprint density at radius 3 is 2.38 bits per heavy atom. The molecular formula is C25H17F3N4OS. The summed E-state index contributed by atoms with van der Waals surface area (Å²) in [6, 6.07) is 21.4. The lowest BCUT2D eigenvalue weighted by Crippen LogP contribution is -2.30. The number of nitrogens with zero attached hydrogens (tertiary/aromatic N) is 4. The fourth-order valence-corrected chi connectivity index (χ4v) is 4.60. The Kier molecular flexibility index (Phi) is 5.93. The summed E-state index contributed by atoms with van der Waals surface area (Å²) in [6.07, 6.45) is 1.65. The predicted octanol–water partition coefficient (Wildman–Crippen LogP) is 6.25. The fourth-order valence-electron chi connectivity index (χ4n) is 3.66. The molecule has 2 heterocycles. The highest BCUT2D eigenvalue weighted by Gasteiger charge is 2.32. The summed E-state index contributed by atoms with van der Waals surface area (Å²) in [4.78, 5) is 23.4. The Balaban J connectivity index is 1.50. The number of carbonyl (C=O) groups excluding carboxylic acids is 1. The van der Waals surface area contributed by atoms with Gasteiger partial charge in [-0.1, -0.05) is 54.2 Å². The molecular weight excluding hydrogens is 461 g/mol. The van der Waals surface area contributed by atoms with Crippen LogP contribution in [0.4, 0.5) is 18.9 Å². The smallest absolute Gasteiger partial charge is 0.269 e. The summed E-state index contributed by atoms with van der Waals surface area (Å²) >= 11 is 1.11. The van der Waals surface area contributed by atoms with Crippen molar-refractivity contribution in [3.63, 3.8) is 0 Å². The van der Waals surface area contributed by atoms with E-state index in [2.05, 4.69) is 9.98 Å². The maximum Gasteiger partial charge on any atom is 0.320 e. The molecule has 5 rings (SSSR count). The van der Waals surface area contributed by atoms with Gasteiger partial charge in [0.25, 0.3) is 5.91 Å². The lowest BCUT2D eigenvalue weighted by Gasteiger charge is -2.18. The topological polar surface area (TPSA) is 50.5 Å². The van der Waals surface area contributed by atoms with Crippen LogP contribution in [0.2, 0.25) is 0 Å². The number of hydrogen-bond donors (Lipinski definition) is 0. The Hall–Kier alpha value is -3.85. The van der Waals surface area contributed by atoms with Crippen LogP contribution in [-0.2, 0) is 10.5 Å². The number of amides is 1. The summed E-state index contributed by atoms with van der Waals surface area (Å²) in [7, 11) is 0. The molecule has 0 fully saturated rings. The van der Waals surface area contributed by atoms with Gasteiger partial charge in [-0.2, -0.15) is 8.78 Å². The van der Waals surface area contributed by atoms with E-state index in [-0.39, 0.29) is 23.2 Å². The Morgan fingerprint density at radius 2 is 1.65 bits per heavy atom. The number of imidazole rings is 1. The molecule has 3 aromatic carbocycles. The fraction of sp³-hybridized carbons (Fsp3) is 0.0800. The van der Waals surface area contributed by atoms with Gasteiger partial charge in [0.15, 0.2) is 5.17 Å². The number of fused-ring (bicyclic) bond motifs is 1. The van der Waals surface area contributed by atoms with Gasteiger partial charge >= 0.3 is 6.55 Å². The van der Waals surface area contributed by atoms with Crippen LogP contribution in [-0.4, -0.2) is 20.6 Å². The van der Waals surface area contributed by atoms with E-state index in [0.717, 1.165) is 21.9 Å². The van der Waals surface area contributed by atoms with E-state index < -0.39 is 12.4 Å². The van der Waals surface area contributed by atoms with E-state index in [9.17, 15) is 18.0 Å². The van der Waals surface area contributed by atoms with Crippen LogP contribution in [0.15, 0.2) is 89.6 Å². The monoisotopic (exact) mass is 478 g/mol. The summed E-state index contributed by atoms with van der Waals surface area (Å²) in [5.74, 6) is -0.606. The van der Waals surface area contributed by atoms with Crippen LogP contribution in [0.25, 0.3) is 17.1 Å². The van der Waals surface area contributed by atoms with Gasteiger partial charge in [-0.25, -0.2) is 14.4 Å². The van der Waals surface area contributed by atoms with Crippen molar-refractivity contribution in [1.29, 1.82) is 0 Å². The van der Waals surface area contributed by atoms with Crippen LogP contribution < -0.4 is 4.90 Å². The highest BCUT2D eigenvalue weighted by Crippen LogP contribution is 2.32. The van der Waals surface area contributed by atoms with Crippen molar-refractivity contribution >= 4 is 45.6 Å². The van der Waals surface area contributed by atoms with Gasteiger partial charge in [0, 0.05) is 0 Å². The van der Waals surface area contributed by atoms with E-state index in [1.54, 1.807) is 30.3 Å². The van der Waals surface area contributed by atoms with E-state index in [1.807, 2.05) is 30.3 Å². The molecule has 170 valence electrons. The number of aromatic nitrogens is 2. The van der Waals surface area contributed by atoms with Gasteiger partial charge in [-0.3, -0.25) is 14.3 Å². The molecule has 1 aliphatic heterocycles. The Bertz CT molecular complexity index is 1420. The first-order valence-corrected chi connectivity index (χ1v) is 11.3. The van der Waals surface area contributed by atoms with Gasteiger partial charge in [0.1, 0.15) is 17.3 Å². The van der Waals surface area contributed by atoms with E-state index in [4.69, 9.17) is 0 Å². The second-order valence-corrected chi connectivity index (χ2v) is 8.35. The molecule has 9 heteroatoms. The lowest BCUT2D eigenvalue weighted by atomic mass is 10.2. The second kappa shape index (κ2) is 9.18. The highest BCUT2D eigenvalue weighted by molar-refractivity contribution is 8.13. The average Bonchev–Trinajstić information content (AvgIpc) is 3.36. The number of thioether (sulfide) groups is 1. The number of rotatable bonds is 5. The van der Waals surface area contributed by atoms with Gasteiger partial charge < -0.3 is 0 Å². The van der Waals surface area contributed by atoms with Crippen molar-refractivity contribution in [3.05, 3.63) is 102 Å². The summed E-state index contributed by atoms with van der Waals surface area (Å²) in [5.41, 5.74) is 2.21. The zero-order valence-corrected chi connectivity index (χ0v) is 18.4. The van der Waals surface area contributed by atoms with Crippen LogP contribution in [0.3, 0.4) is 0 Å². The van der Waals surface area contributed by atoms with Crippen molar-refractivity contribution in [3.8, 4) is 0 Å². The maximum atomic E-state index is 13.8. The summed E-state index contributed by atoms with van der Waals surface area (Å²) in [6.45, 7) is -2.77. The lowest BCUT2D eigenvalue weighted by molar-refractivity contribution is -0.113. The number of hydrogen-bond acceptors (Lipinski definition) is 4. The first-order valence-electron chi connectivity index (χ1n) is 10.3. The minimum absolute atomic E-state index is 0.0570.